The van der Waals surface area contributed by atoms with Crippen LogP contribution in [0.15, 0.2) is 36.4 Å². The van der Waals surface area contributed by atoms with Crippen LogP contribution in [0.5, 0.6) is 23.0 Å². The van der Waals surface area contributed by atoms with Gasteiger partial charge in [0.05, 0.1) is 11.1 Å². The number of phenols is 4. The summed E-state index contributed by atoms with van der Waals surface area (Å²) in [5, 5.41) is 60.9. The van der Waals surface area contributed by atoms with Gasteiger partial charge >= 0.3 is 0 Å². The van der Waals surface area contributed by atoms with E-state index < -0.39 is 22.6 Å². The van der Waals surface area contributed by atoms with Crippen LogP contribution in [-0.4, -0.2) is 77.8 Å². The number of phenolic OH excluding ortho intramolecular Hbond substituents is 4. The van der Waals surface area contributed by atoms with Crippen molar-refractivity contribution in [2.24, 2.45) is 0 Å². The molecule has 0 radical (unpaired) electrons. The zero-order chi connectivity index (χ0) is 29.2. The van der Waals surface area contributed by atoms with Gasteiger partial charge in [0.15, 0.2) is 0 Å². The Morgan fingerprint density at radius 3 is 1.05 bits per heavy atom. The minimum Gasteiger partial charge on any atom is -0.759 e. The minimum atomic E-state index is -5.17. The molecule has 0 amide bonds. The second-order valence-electron chi connectivity index (χ2n) is 10.6. The maximum atomic E-state index is 9.88. The Morgan fingerprint density at radius 1 is 0.658 bits per heavy atom. The molecule has 0 aliphatic carbocycles. The molecule has 2 aromatic carbocycles. The number of hydrogen-bond donors (Lipinski definition) is 8. The number of aliphatic hydroxyl groups excluding tert-OH is 2. The topological polar surface area (TPSA) is 266 Å². The molecule has 0 saturated heterocycles. The average Bonchev–Trinajstić information content (AvgIpc) is 2.67. The Hall–Kier alpha value is -2.69. The number of rotatable bonds is 6. The summed E-state index contributed by atoms with van der Waals surface area (Å²) in [5.74, 6) is -0.149. The smallest absolute Gasteiger partial charge is 0.128 e. The van der Waals surface area contributed by atoms with Gasteiger partial charge in [-0.15, -0.1) is 0 Å². The summed E-state index contributed by atoms with van der Waals surface area (Å²) in [4.78, 5) is 0. The number of aromatic hydroxyl groups is 4. The Kier molecular flexibility index (Phi) is 15.4. The number of nitrogens with two attached hydrogens (primary N) is 2. The van der Waals surface area contributed by atoms with E-state index in [1.807, 2.05) is 10.6 Å². The molecule has 0 saturated carbocycles. The molecule has 0 unspecified atom stereocenters. The first-order chi connectivity index (χ1) is 16.6. The Bertz CT molecular complexity index is 962. The maximum Gasteiger partial charge on any atom is 0.128 e. The summed E-state index contributed by atoms with van der Waals surface area (Å²) < 4.78 is 34.1. The van der Waals surface area contributed by atoms with Crippen molar-refractivity contribution < 1.29 is 64.3 Å². The summed E-state index contributed by atoms with van der Waals surface area (Å²) in [6.07, 6.45) is -1.39. The first-order valence-electron chi connectivity index (χ1n) is 11.3. The lowest BCUT2D eigenvalue weighted by atomic mass is 10.1. The zero-order valence-electron chi connectivity index (χ0n) is 22.4. The summed E-state index contributed by atoms with van der Waals surface area (Å²) >= 11 is 0. The molecule has 12 N–H and O–H groups in total. The summed E-state index contributed by atoms with van der Waals surface area (Å²) in [6.45, 7) is 13.3. The van der Waals surface area contributed by atoms with E-state index in [4.69, 9.17) is 17.5 Å². The third-order valence-electron chi connectivity index (χ3n) is 4.53. The molecule has 0 heterocycles. The van der Waals surface area contributed by atoms with Gasteiger partial charge in [-0.25, -0.2) is 0 Å². The normalized spacial score (nSPS) is 13.1. The number of quaternary nitrogens is 2. The molecule has 2 rings (SSSR count). The Labute approximate surface area is 223 Å². The van der Waals surface area contributed by atoms with Gasteiger partial charge in [0.2, 0.25) is 0 Å². The molecule has 13 nitrogen and oxygen atoms in total. The van der Waals surface area contributed by atoms with Crippen molar-refractivity contribution in [1.29, 1.82) is 0 Å². The summed E-state index contributed by atoms with van der Waals surface area (Å²) in [5.41, 5.74) is 1.13. The molecule has 0 aromatic heterocycles. The van der Waals surface area contributed by atoms with Crippen molar-refractivity contribution in [3.05, 3.63) is 47.5 Å². The predicted molar refractivity (Wildman–Crippen MR) is 137 cm³/mol. The fourth-order valence-electron chi connectivity index (χ4n) is 2.82. The lowest BCUT2D eigenvalue weighted by Gasteiger charge is -2.19. The zero-order valence-corrected chi connectivity index (χ0v) is 23.2. The van der Waals surface area contributed by atoms with Gasteiger partial charge in [-0.2, -0.15) is 0 Å². The van der Waals surface area contributed by atoms with Crippen molar-refractivity contribution >= 4 is 10.4 Å². The average molecular weight is 567 g/mol. The standard InChI is InChI=1S/2C12H19NO3.H2O4S.H2O/c2*1-12(2,3)13-7-11(16)8-4-9(14)6-10(15)5-8;1-5(2,3)4;/h2*4-6,11,13-16H,7H2,1-3H3;(H2,1,2,3,4);1H2/t2*11-;;/m10../s1. The fourth-order valence-corrected chi connectivity index (χ4v) is 2.82. The van der Waals surface area contributed by atoms with E-state index in [1.165, 1.54) is 36.4 Å². The van der Waals surface area contributed by atoms with Crippen LogP contribution in [0.1, 0.15) is 64.9 Å². The van der Waals surface area contributed by atoms with Gasteiger partial charge in [0.1, 0.15) is 48.3 Å². The van der Waals surface area contributed by atoms with Crippen LogP contribution < -0.4 is 10.6 Å². The van der Waals surface area contributed by atoms with Crippen LogP contribution in [0.4, 0.5) is 0 Å². The molecule has 0 bridgehead atoms. The van der Waals surface area contributed by atoms with Crippen molar-refractivity contribution in [2.75, 3.05) is 13.1 Å². The maximum absolute atomic E-state index is 9.88. The number of aliphatic hydroxyl groups is 2. The highest BCUT2D eigenvalue weighted by molar-refractivity contribution is 7.79. The highest BCUT2D eigenvalue weighted by Crippen LogP contribution is 2.25. The van der Waals surface area contributed by atoms with Gasteiger partial charge in [0.25, 0.3) is 0 Å². The molecule has 0 fully saturated rings. The first kappa shape index (κ1) is 37.5. The largest absolute Gasteiger partial charge is 0.759 e. The molecule has 0 aliphatic heterocycles. The Morgan fingerprint density at radius 2 is 0.868 bits per heavy atom. The molecular formula is C24H42N2O11S. The van der Waals surface area contributed by atoms with Crippen molar-refractivity contribution in [2.45, 2.75) is 64.8 Å². The summed E-state index contributed by atoms with van der Waals surface area (Å²) in [7, 11) is -5.17. The third-order valence-corrected chi connectivity index (χ3v) is 4.53. The summed E-state index contributed by atoms with van der Waals surface area (Å²) in [6, 6.07) is 8.32. The van der Waals surface area contributed by atoms with E-state index in [2.05, 4.69) is 41.5 Å². The van der Waals surface area contributed by atoms with Crippen LogP contribution >= 0.6 is 0 Å². The van der Waals surface area contributed by atoms with E-state index >= 15 is 0 Å². The number of hydrogen-bond acceptors (Lipinski definition) is 10. The van der Waals surface area contributed by atoms with Crippen LogP contribution in [0, 0.1) is 0 Å². The van der Waals surface area contributed by atoms with Crippen LogP contribution in [-0.2, 0) is 10.4 Å². The van der Waals surface area contributed by atoms with Crippen LogP contribution in [0.2, 0.25) is 0 Å². The van der Waals surface area contributed by atoms with Crippen LogP contribution in [0.25, 0.3) is 0 Å². The van der Waals surface area contributed by atoms with Gasteiger partial charge in [-0.1, -0.05) is 0 Å². The molecule has 38 heavy (non-hydrogen) atoms. The van der Waals surface area contributed by atoms with E-state index in [0.717, 1.165) is 0 Å². The highest BCUT2D eigenvalue weighted by atomic mass is 32.3. The molecule has 0 aliphatic rings. The van der Waals surface area contributed by atoms with Gasteiger partial charge < -0.3 is 55.9 Å². The van der Waals surface area contributed by atoms with E-state index in [-0.39, 0.29) is 39.6 Å². The van der Waals surface area contributed by atoms with E-state index in [1.54, 1.807) is 0 Å². The van der Waals surface area contributed by atoms with Crippen molar-refractivity contribution in [3.63, 3.8) is 0 Å². The minimum absolute atomic E-state index is 0. The van der Waals surface area contributed by atoms with E-state index in [9.17, 15) is 30.6 Å². The van der Waals surface area contributed by atoms with Gasteiger partial charge in [0, 0.05) is 22.5 Å². The number of benzene rings is 2. The molecule has 2 atom stereocenters. The highest BCUT2D eigenvalue weighted by Gasteiger charge is 2.19. The predicted octanol–water partition coefficient (Wildman–Crippen LogP) is -1.18. The second kappa shape index (κ2) is 15.7. The Balaban J connectivity index is 0. The lowest BCUT2D eigenvalue weighted by Crippen LogP contribution is -2.95. The quantitative estimate of drug-likeness (QED) is 0.153. The SMILES string of the molecule is CC(C)(C)[NH2+]C[C@@H](O)c1cc(O)cc(O)c1.CC(C)(C)[NH2+]C[C@H](O)c1cc(O)cc(O)c1.O.O=S(=O)([O-])[O-]. The molecule has 220 valence electrons. The third kappa shape index (κ3) is 20.4. The molecule has 2 aromatic rings. The lowest BCUT2D eigenvalue weighted by molar-refractivity contribution is -0.723. The monoisotopic (exact) mass is 566 g/mol. The molecule has 14 heteroatoms. The fraction of sp³-hybridized carbons (Fsp3) is 0.500. The van der Waals surface area contributed by atoms with Crippen molar-refractivity contribution in [3.8, 4) is 23.0 Å². The first-order valence-corrected chi connectivity index (χ1v) is 12.7. The van der Waals surface area contributed by atoms with Gasteiger partial charge in [-0.05, 0) is 76.9 Å². The molecular weight excluding hydrogens is 524 g/mol. The van der Waals surface area contributed by atoms with E-state index in [0.29, 0.717) is 24.2 Å². The second-order valence-corrected chi connectivity index (χ2v) is 11.4. The van der Waals surface area contributed by atoms with Crippen LogP contribution in [0.3, 0.4) is 0 Å². The van der Waals surface area contributed by atoms with Gasteiger partial charge in [-0.3, -0.25) is 8.42 Å². The van der Waals surface area contributed by atoms with Crippen molar-refractivity contribution in [1.82, 2.24) is 0 Å². The molecule has 0 spiro atoms.